The first kappa shape index (κ1) is 24.6. The van der Waals surface area contributed by atoms with Crippen LogP contribution in [0.25, 0.3) is 0 Å². The number of hydrogen-bond donors (Lipinski definition) is 0. The lowest BCUT2D eigenvalue weighted by Crippen LogP contribution is -2.50. The van der Waals surface area contributed by atoms with Gasteiger partial charge in [-0.05, 0) is 64.1 Å². The minimum Gasteiger partial charge on any atom is -0.490 e. The van der Waals surface area contributed by atoms with Crippen LogP contribution in [-0.2, 0) is 0 Å². The Kier molecular flexibility index (Phi) is 8.22. The molecule has 1 heterocycles. The maximum absolute atomic E-state index is 13.2. The number of carbonyl (C=O) groups is 2. The minimum atomic E-state index is -0.0969. The molecule has 0 saturated carbocycles. The molecule has 0 N–H and O–H groups in total. The number of amides is 2. The Morgan fingerprint density at radius 3 is 1.38 bits per heavy atom. The molecule has 0 atom stereocenters. The molecule has 1 saturated heterocycles. The summed E-state index contributed by atoms with van der Waals surface area (Å²) in [6.07, 6.45) is -0.0747. The zero-order chi connectivity index (χ0) is 23.4. The Hall–Kier alpha value is -2.06. The maximum atomic E-state index is 13.2. The molecule has 1 fully saturated rings. The number of halogens is 2. The van der Waals surface area contributed by atoms with Crippen LogP contribution >= 0.6 is 31.9 Å². The zero-order valence-corrected chi connectivity index (χ0v) is 21.9. The lowest BCUT2D eigenvalue weighted by molar-refractivity contribution is 0.0529. The second-order valence-electron chi connectivity index (χ2n) is 8.20. The fraction of sp³-hybridized carbons (Fsp3) is 0.417. The van der Waals surface area contributed by atoms with Crippen molar-refractivity contribution in [2.45, 2.75) is 39.9 Å². The van der Waals surface area contributed by atoms with Crippen molar-refractivity contribution in [3.63, 3.8) is 0 Å². The number of nitrogens with zero attached hydrogens (tertiary/aromatic N) is 2. The van der Waals surface area contributed by atoms with Crippen molar-refractivity contribution < 1.29 is 19.1 Å². The monoisotopic (exact) mass is 566 g/mol. The smallest absolute Gasteiger partial charge is 0.257 e. The Balaban J connectivity index is 1.72. The van der Waals surface area contributed by atoms with E-state index in [9.17, 15) is 9.59 Å². The van der Waals surface area contributed by atoms with Gasteiger partial charge in [0.05, 0.1) is 23.3 Å². The van der Waals surface area contributed by atoms with E-state index < -0.39 is 0 Å². The molecule has 1 aliphatic heterocycles. The lowest BCUT2D eigenvalue weighted by atomic mass is 10.1. The molecule has 8 heteroatoms. The molecule has 0 unspecified atom stereocenters. The van der Waals surface area contributed by atoms with Crippen LogP contribution in [-0.4, -0.2) is 60.0 Å². The number of hydrogen-bond acceptors (Lipinski definition) is 4. The summed E-state index contributed by atoms with van der Waals surface area (Å²) >= 11 is 6.89. The van der Waals surface area contributed by atoms with Gasteiger partial charge >= 0.3 is 0 Å². The van der Waals surface area contributed by atoms with E-state index in [1.54, 1.807) is 34.1 Å². The summed E-state index contributed by atoms with van der Waals surface area (Å²) in [6.45, 7) is 9.53. The molecule has 2 amide bonds. The van der Waals surface area contributed by atoms with Gasteiger partial charge in [0, 0.05) is 35.1 Å². The van der Waals surface area contributed by atoms with E-state index in [4.69, 9.17) is 9.47 Å². The zero-order valence-electron chi connectivity index (χ0n) is 18.7. The Bertz CT molecular complexity index is 906. The summed E-state index contributed by atoms with van der Waals surface area (Å²) in [5.74, 6) is 0.938. The third-order valence-electron chi connectivity index (χ3n) is 4.92. The van der Waals surface area contributed by atoms with Crippen molar-refractivity contribution in [1.82, 2.24) is 9.80 Å². The molecular weight excluding hydrogens is 540 g/mol. The summed E-state index contributed by atoms with van der Waals surface area (Å²) in [7, 11) is 0. The Morgan fingerprint density at radius 1 is 0.719 bits per heavy atom. The average molecular weight is 568 g/mol. The van der Waals surface area contributed by atoms with Gasteiger partial charge in [0.1, 0.15) is 11.5 Å². The summed E-state index contributed by atoms with van der Waals surface area (Å²) < 4.78 is 13.3. The first-order chi connectivity index (χ1) is 15.2. The van der Waals surface area contributed by atoms with Crippen LogP contribution in [0.4, 0.5) is 0 Å². The number of piperazine rings is 1. The Labute approximate surface area is 206 Å². The topological polar surface area (TPSA) is 59.1 Å². The molecule has 2 aromatic rings. The molecular formula is C24H28Br2N2O4. The second kappa shape index (κ2) is 10.7. The molecule has 3 rings (SSSR count). The minimum absolute atomic E-state index is 0.0374. The highest BCUT2D eigenvalue weighted by atomic mass is 79.9. The largest absolute Gasteiger partial charge is 0.490 e. The number of carbonyl (C=O) groups excluding carboxylic acids is 2. The summed E-state index contributed by atoms with van der Waals surface area (Å²) in [4.78, 5) is 30.0. The van der Waals surface area contributed by atoms with Crippen LogP contribution in [0.3, 0.4) is 0 Å². The lowest BCUT2D eigenvalue weighted by Gasteiger charge is -2.35. The molecule has 0 spiro atoms. The molecule has 0 radical (unpaired) electrons. The first-order valence-electron chi connectivity index (χ1n) is 10.7. The quantitative estimate of drug-likeness (QED) is 0.470. The van der Waals surface area contributed by atoms with Crippen molar-refractivity contribution in [3.8, 4) is 11.5 Å². The SMILES string of the molecule is CC(C)Oc1ccc(Br)cc1C(=O)N1CCN(C(=O)c2cc(Br)ccc2OC(C)C)CC1. The van der Waals surface area contributed by atoms with Crippen LogP contribution in [0.1, 0.15) is 48.4 Å². The molecule has 6 nitrogen and oxygen atoms in total. The maximum Gasteiger partial charge on any atom is 0.257 e. The molecule has 0 bridgehead atoms. The van der Waals surface area contributed by atoms with Gasteiger partial charge in [-0.2, -0.15) is 0 Å². The highest BCUT2D eigenvalue weighted by Crippen LogP contribution is 2.28. The van der Waals surface area contributed by atoms with Gasteiger partial charge in [-0.15, -0.1) is 0 Å². The molecule has 1 aliphatic rings. The predicted octanol–water partition coefficient (Wildman–Crippen LogP) is 5.38. The fourth-order valence-electron chi connectivity index (χ4n) is 3.51. The van der Waals surface area contributed by atoms with Crippen LogP contribution in [0.5, 0.6) is 11.5 Å². The number of rotatable bonds is 6. The molecule has 32 heavy (non-hydrogen) atoms. The van der Waals surface area contributed by atoms with Crippen molar-refractivity contribution in [1.29, 1.82) is 0 Å². The average Bonchev–Trinajstić information content (AvgIpc) is 2.74. The Morgan fingerprint density at radius 2 is 1.06 bits per heavy atom. The van der Waals surface area contributed by atoms with E-state index in [0.29, 0.717) is 48.8 Å². The molecule has 0 aliphatic carbocycles. The van der Waals surface area contributed by atoms with Crippen LogP contribution in [0, 0.1) is 0 Å². The highest BCUT2D eigenvalue weighted by Gasteiger charge is 2.29. The van der Waals surface area contributed by atoms with Gasteiger partial charge in [-0.25, -0.2) is 0 Å². The van der Waals surface area contributed by atoms with Crippen molar-refractivity contribution >= 4 is 43.7 Å². The fourth-order valence-corrected chi connectivity index (χ4v) is 4.23. The van der Waals surface area contributed by atoms with E-state index in [-0.39, 0.29) is 24.0 Å². The van der Waals surface area contributed by atoms with Gasteiger partial charge in [0.15, 0.2) is 0 Å². The molecule has 0 aromatic heterocycles. The van der Waals surface area contributed by atoms with Crippen molar-refractivity contribution in [2.24, 2.45) is 0 Å². The molecule has 172 valence electrons. The van der Waals surface area contributed by atoms with Crippen LogP contribution in [0.15, 0.2) is 45.3 Å². The van der Waals surface area contributed by atoms with Gasteiger partial charge in [-0.1, -0.05) is 31.9 Å². The van der Waals surface area contributed by atoms with E-state index in [1.807, 2.05) is 39.8 Å². The van der Waals surface area contributed by atoms with Gasteiger partial charge in [-0.3, -0.25) is 9.59 Å². The molecule has 2 aromatic carbocycles. The van der Waals surface area contributed by atoms with Gasteiger partial charge in [0.2, 0.25) is 0 Å². The van der Waals surface area contributed by atoms with E-state index in [1.165, 1.54) is 0 Å². The van der Waals surface area contributed by atoms with E-state index >= 15 is 0 Å². The number of benzene rings is 2. The third-order valence-corrected chi connectivity index (χ3v) is 5.91. The second-order valence-corrected chi connectivity index (χ2v) is 10.0. The summed E-state index contributed by atoms with van der Waals surface area (Å²) in [5, 5.41) is 0. The number of ether oxygens (including phenoxy) is 2. The van der Waals surface area contributed by atoms with Crippen LogP contribution in [0.2, 0.25) is 0 Å². The predicted molar refractivity (Wildman–Crippen MR) is 132 cm³/mol. The van der Waals surface area contributed by atoms with E-state index in [2.05, 4.69) is 31.9 Å². The summed E-state index contributed by atoms with van der Waals surface area (Å²) in [5.41, 5.74) is 1.04. The highest BCUT2D eigenvalue weighted by molar-refractivity contribution is 9.10. The standard InChI is InChI=1S/C24H28Br2N2O4/c1-15(2)31-21-7-5-17(25)13-19(21)23(29)27-9-11-28(12-10-27)24(30)20-14-18(26)6-8-22(20)32-16(3)4/h5-8,13-16H,9-12H2,1-4H3. The van der Waals surface area contributed by atoms with Gasteiger partial charge in [0.25, 0.3) is 11.8 Å². The third kappa shape index (κ3) is 6.04. The summed E-state index contributed by atoms with van der Waals surface area (Å²) in [6, 6.07) is 10.9. The van der Waals surface area contributed by atoms with Crippen molar-refractivity contribution in [2.75, 3.05) is 26.2 Å². The normalized spacial score (nSPS) is 14.1. The van der Waals surface area contributed by atoms with E-state index in [0.717, 1.165) is 8.95 Å². The first-order valence-corrected chi connectivity index (χ1v) is 12.2. The van der Waals surface area contributed by atoms with Crippen LogP contribution < -0.4 is 9.47 Å². The van der Waals surface area contributed by atoms with Gasteiger partial charge < -0.3 is 19.3 Å². The van der Waals surface area contributed by atoms with Crippen molar-refractivity contribution in [3.05, 3.63) is 56.5 Å².